The molecule has 1 aliphatic heterocycles. The zero-order chi connectivity index (χ0) is 11.6. The second kappa shape index (κ2) is 4.33. The molecule has 0 radical (unpaired) electrons. The number of allylic oxidation sites excluding steroid dienone is 1. The lowest BCUT2D eigenvalue weighted by atomic mass is 10.1. The average molecular weight is 214 g/mol. The summed E-state index contributed by atoms with van der Waals surface area (Å²) in [5.41, 5.74) is 0.197. The number of aliphatic hydroxyl groups excluding tert-OH is 1. The normalized spacial score (nSPS) is 28.3. The van der Waals surface area contributed by atoms with Crippen LogP contribution in [0.3, 0.4) is 0 Å². The van der Waals surface area contributed by atoms with Gasteiger partial charge in [-0.25, -0.2) is 4.79 Å². The fourth-order valence-corrected chi connectivity index (χ4v) is 1.29. The van der Waals surface area contributed by atoms with E-state index in [1.54, 1.807) is 19.9 Å². The van der Waals surface area contributed by atoms with Gasteiger partial charge < -0.3 is 14.6 Å². The number of carbonyl (C=O) groups is 1. The first-order valence-electron chi connectivity index (χ1n) is 5.11. The van der Waals surface area contributed by atoms with Crippen LogP contribution in [0.1, 0.15) is 34.1 Å². The highest BCUT2D eigenvalue weighted by molar-refractivity contribution is 5.90. The monoisotopic (exact) mass is 214 g/mol. The SMILES string of the molecule is CC(C)C/C=C1\C(=O)OC(C)(C)OC1O. The molecule has 1 rings (SSSR count). The van der Waals surface area contributed by atoms with Crippen LogP contribution in [0.2, 0.25) is 0 Å². The Labute approximate surface area is 89.9 Å². The van der Waals surface area contributed by atoms with Gasteiger partial charge in [-0.15, -0.1) is 0 Å². The fraction of sp³-hybridized carbons (Fsp3) is 0.727. The molecule has 0 amide bonds. The molecule has 0 aromatic heterocycles. The minimum atomic E-state index is -1.18. The number of esters is 1. The lowest BCUT2D eigenvalue weighted by Crippen LogP contribution is -2.44. The van der Waals surface area contributed by atoms with Gasteiger partial charge in [-0.2, -0.15) is 0 Å². The van der Waals surface area contributed by atoms with Crippen molar-refractivity contribution in [2.75, 3.05) is 0 Å². The van der Waals surface area contributed by atoms with Gasteiger partial charge in [0.25, 0.3) is 0 Å². The molecule has 0 aliphatic carbocycles. The first-order valence-corrected chi connectivity index (χ1v) is 5.11. The van der Waals surface area contributed by atoms with Crippen LogP contribution in [0.4, 0.5) is 0 Å². The molecule has 1 atom stereocenters. The predicted octanol–water partition coefficient (Wildman–Crippen LogP) is 1.59. The number of aliphatic hydroxyl groups is 1. The van der Waals surface area contributed by atoms with Gasteiger partial charge in [0.2, 0.25) is 5.79 Å². The summed E-state index contributed by atoms with van der Waals surface area (Å²) in [5, 5.41) is 9.60. The molecule has 0 saturated carbocycles. The number of ether oxygens (including phenoxy) is 2. The van der Waals surface area contributed by atoms with Crippen molar-refractivity contribution in [1.29, 1.82) is 0 Å². The van der Waals surface area contributed by atoms with E-state index in [2.05, 4.69) is 0 Å². The van der Waals surface area contributed by atoms with Crippen molar-refractivity contribution < 1.29 is 19.4 Å². The van der Waals surface area contributed by atoms with Crippen LogP contribution < -0.4 is 0 Å². The van der Waals surface area contributed by atoms with Crippen LogP contribution in [-0.2, 0) is 14.3 Å². The Morgan fingerprint density at radius 2 is 2.13 bits per heavy atom. The van der Waals surface area contributed by atoms with E-state index in [4.69, 9.17) is 9.47 Å². The fourth-order valence-electron chi connectivity index (χ4n) is 1.29. The lowest BCUT2D eigenvalue weighted by Gasteiger charge is -2.34. The Balaban J connectivity index is 2.75. The van der Waals surface area contributed by atoms with Crippen molar-refractivity contribution in [3.8, 4) is 0 Å². The summed E-state index contributed by atoms with van der Waals surface area (Å²) in [7, 11) is 0. The molecule has 1 unspecified atom stereocenters. The Hall–Kier alpha value is -0.870. The molecule has 15 heavy (non-hydrogen) atoms. The van der Waals surface area contributed by atoms with Gasteiger partial charge in [0.15, 0.2) is 6.29 Å². The average Bonchev–Trinajstić information content (AvgIpc) is 1.98. The summed E-state index contributed by atoms with van der Waals surface area (Å²) in [4.78, 5) is 11.5. The summed E-state index contributed by atoms with van der Waals surface area (Å²) in [6.07, 6.45) is 1.21. The zero-order valence-electron chi connectivity index (χ0n) is 9.61. The van der Waals surface area contributed by atoms with E-state index in [0.717, 1.165) is 0 Å². The van der Waals surface area contributed by atoms with Gasteiger partial charge in [0.05, 0.1) is 5.57 Å². The van der Waals surface area contributed by atoms with Gasteiger partial charge in [-0.3, -0.25) is 0 Å². The van der Waals surface area contributed by atoms with Gasteiger partial charge >= 0.3 is 5.97 Å². The summed E-state index contributed by atoms with van der Waals surface area (Å²) in [5.74, 6) is -1.13. The minimum Gasteiger partial charge on any atom is -0.430 e. The van der Waals surface area contributed by atoms with Crippen LogP contribution in [0.25, 0.3) is 0 Å². The zero-order valence-corrected chi connectivity index (χ0v) is 9.61. The van der Waals surface area contributed by atoms with E-state index in [9.17, 15) is 9.90 Å². The number of carbonyl (C=O) groups excluding carboxylic acids is 1. The second-order valence-corrected chi connectivity index (χ2v) is 4.55. The summed E-state index contributed by atoms with van der Waals surface area (Å²) in [6.45, 7) is 7.24. The van der Waals surface area contributed by atoms with Crippen molar-refractivity contribution in [3.05, 3.63) is 11.6 Å². The maximum Gasteiger partial charge on any atom is 0.341 e. The molecule has 0 spiro atoms. The topological polar surface area (TPSA) is 55.8 Å². The number of hydrogen-bond acceptors (Lipinski definition) is 4. The molecular weight excluding hydrogens is 196 g/mol. The lowest BCUT2D eigenvalue weighted by molar-refractivity contribution is -0.279. The van der Waals surface area contributed by atoms with Gasteiger partial charge in [0, 0.05) is 13.8 Å². The van der Waals surface area contributed by atoms with E-state index in [0.29, 0.717) is 12.3 Å². The Morgan fingerprint density at radius 3 is 2.60 bits per heavy atom. The first-order chi connectivity index (χ1) is 6.82. The third-order valence-electron chi connectivity index (χ3n) is 2.04. The van der Waals surface area contributed by atoms with E-state index < -0.39 is 18.0 Å². The maximum atomic E-state index is 11.5. The van der Waals surface area contributed by atoms with Crippen molar-refractivity contribution in [2.24, 2.45) is 5.92 Å². The highest BCUT2D eigenvalue weighted by Gasteiger charge is 2.37. The van der Waals surface area contributed by atoms with E-state index in [-0.39, 0.29) is 5.57 Å². The molecule has 1 heterocycles. The third kappa shape index (κ3) is 3.32. The molecule has 1 fully saturated rings. The van der Waals surface area contributed by atoms with Crippen LogP contribution in [0.15, 0.2) is 11.6 Å². The molecule has 86 valence electrons. The molecule has 0 aromatic rings. The second-order valence-electron chi connectivity index (χ2n) is 4.55. The predicted molar refractivity (Wildman–Crippen MR) is 54.8 cm³/mol. The quantitative estimate of drug-likeness (QED) is 0.560. The Morgan fingerprint density at radius 1 is 1.53 bits per heavy atom. The molecule has 4 nitrogen and oxygen atoms in total. The molecule has 1 saturated heterocycles. The van der Waals surface area contributed by atoms with Crippen molar-refractivity contribution in [2.45, 2.75) is 46.2 Å². The Bertz CT molecular complexity index is 278. The largest absolute Gasteiger partial charge is 0.430 e. The molecule has 4 heteroatoms. The molecular formula is C11H18O4. The first kappa shape index (κ1) is 12.2. The number of cyclic esters (lactones) is 1. The van der Waals surface area contributed by atoms with Crippen molar-refractivity contribution in [3.63, 3.8) is 0 Å². The third-order valence-corrected chi connectivity index (χ3v) is 2.04. The van der Waals surface area contributed by atoms with Crippen LogP contribution in [0, 0.1) is 5.92 Å². The van der Waals surface area contributed by atoms with Gasteiger partial charge in [-0.05, 0) is 12.3 Å². The van der Waals surface area contributed by atoms with Crippen LogP contribution in [-0.4, -0.2) is 23.2 Å². The number of hydrogen-bond donors (Lipinski definition) is 1. The van der Waals surface area contributed by atoms with Gasteiger partial charge in [0.1, 0.15) is 0 Å². The number of rotatable bonds is 2. The van der Waals surface area contributed by atoms with E-state index in [1.807, 2.05) is 13.8 Å². The maximum absolute atomic E-state index is 11.5. The van der Waals surface area contributed by atoms with Crippen molar-refractivity contribution >= 4 is 5.97 Å². The highest BCUT2D eigenvalue weighted by Crippen LogP contribution is 2.26. The molecule has 0 aromatic carbocycles. The van der Waals surface area contributed by atoms with E-state index >= 15 is 0 Å². The smallest absolute Gasteiger partial charge is 0.341 e. The molecule has 1 N–H and O–H groups in total. The Kier molecular flexibility index (Phi) is 3.52. The summed E-state index contributed by atoms with van der Waals surface area (Å²) in [6, 6.07) is 0. The van der Waals surface area contributed by atoms with Gasteiger partial charge in [-0.1, -0.05) is 19.9 Å². The minimum absolute atomic E-state index is 0.197. The molecule has 1 aliphatic rings. The summed E-state index contributed by atoms with van der Waals surface area (Å²) < 4.78 is 10.1. The summed E-state index contributed by atoms with van der Waals surface area (Å²) >= 11 is 0. The highest BCUT2D eigenvalue weighted by atomic mass is 16.8. The standard InChI is InChI=1S/C11H18O4/c1-7(2)5-6-8-9(12)14-11(3,4)15-10(8)13/h6-7,9,12H,5H2,1-4H3/b8-6-. The van der Waals surface area contributed by atoms with Crippen LogP contribution >= 0.6 is 0 Å². The van der Waals surface area contributed by atoms with E-state index in [1.165, 1.54) is 0 Å². The molecule has 0 bridgehead atoms. The van der Waals surface area contributed by atoms with Crippen molar-refractivity contribution in [1.82, 2.24) is 0 Å². The van der Waals surface area contributed by atoms with Crippen LogP contribution in [0.5, 0.6) is 0 Å².